The van der Waals surface area contributed by atoms with Crippen LogP contribution in [0, 0.1) is 11.8 Å². The van der Waals surface area contributed by atoms with Gasteiger partial charge in [-0.3, -0.25) is 0 Å². The van der Waals surface area contributed by atoms with Crippen LogP contribution in [0.2, 0.25) is 0 Å². The zero-order valence-electron chi connectivity index (χ0n) is 12.6. The van der Waals surface area contributed by atoms with Gasteiger partial charge in [-0.25, -0.2) is 0 Å². The van der Waals surface area contributed by atoms with E-state index in [1.54, 1.807) is 0 Å². The molecule has 1 aliphatic carbocycles. The van der Waals surface area contributed by atoms with Crippen molar-refractivity contribution in [1.82, 2.24) is 5.32 Å². The number of aryl methyl sites for hydroxylation is 1. The molecule has 1 aromatic carbocycles. The first-order chi connectivity index (χ1) is 9.33. The van der Waals surface area contributed by atoms with Gasteiger partial charge in [-0.05, 0) is 50.1 Å². The quantitative estimate of drug-likeness (QED) is 0.797. The summed E-state index contributed by atoms with van der Waals surface area (Å²) in [5.41, 5.74) is 1.48. The van der Waals surface area contributed by atoms with E-state index in [-0.39, 0.29) is 0 Å². The Balaban J connectivity index is 1.85. The van der Waals surface area contributed by atoms with Crippen LogP contribution in [-0.4, -0.2) is 13.1 Å². The van der Waals surface area contributed by atoms with Crippen molar-refractivity contribution >= 4 is 0 Å². The third kappa shape index (κ3) is 4.35. The molecule has 1 fully saturated rings. The number of hydrogen-bond acceptors (Lipinski definition) is 1. The van der Waals surface area contributed by atoms with Crippen molar-refractivity contribution in [3.05, 3.63) is 35.9 Å². The molecule has 0 bridgehead atoms. The molecule has 3 unspecified atom stereocenters. The Kier molecular flexibility index (Phi) is 5.91. The van der Waals surface area contributed by atoms with Gasteiger partial charge in [0.15, 0.2) is 0 Å². The van der Waals surface area contributed by atoms with E-state index < -0.39 is 0 Å². The van der Waals surface area contributed by atoms with Crippen molar-refractivity contribution < 1.29 is 0 Å². The predicted molar refractivity (Wildman–Crippen MR) is 83.3 cm³/mol. The average molecular weight is 259 g/mol. The molecule has 106 valence electrons. The lowest BCUT2D eigenvalue weighted by Gasteiger charge is -2.34. The van der Waals surface area contributed by atoms with Gasteiger partial charge < -0.3 is 5.32 Å². The molecule has 1 saturated carbocycles. The van der Waals surface area contributed by atoms with E-state index in [0.29, 0.717) is 6.04 Å². The highest BCUT2D eigenvalue weighted by molar-refractivity contribution is 5.14. The summed E-state index contributed by atoms with van der Waals surface area (Å²) in [5.74, 6) is 1.87. The second-order valence-electron chi connectivity index (χ2n) is 6.12. The Bertz CT molecular complexity index is 346. The van der Waals surface area contributed by atoms with Crippen molar-refractivity contribution in [2.45, 2.75) is 57.9 Å². The summed E-state index contributed by atoms with van der Waals surface area (Å²) >= 11 is 0. The van der Waals surface area contributed by atoms with Crippen LogP contribution in [0.1, 0.15) is 51.0 Å². The Hall–Kier alpha value is -0.820. The van der Waals surface area contributed by atoms with E-state index in [2.05, 4.69) is 49.6 Å². The molecular weight excluding hydrogens is 230 g/mol. The Morgan fingerprint density at radius 1 is 1.21 bits per heavy atom. The predicted octanol–water partition coefficient (Wildman–Crippen LogP) is 4.42. The average Bonchev–Trinajstić information content (AvgIpc) is 2.49. The van der Waals surface area contributed by atoms with Crippen LogP contribution in [0.25, 0.3) is 0 Å². The Morgan fingerprint density at radius 3 is 2.68 bits per heavy atom. The molecule has 0 amide bonds. The van der Waals surface area contributed by atoms with Crippen molar-refractivity contribution in [2.75, 3.05) is 7.05 Å². The molecule has 0 saturated heterocycles. The first-order valence-electron chi connectivity index (χ1n) is 8.04. The fourth-order valence-corrected chi connectivity index (χ4v) is 3.65. The molecule has 1 nitrogen and oxygen atoms in total. The molecule has 0 aromatic heterocycles. The maximum absolute atomic E-state index is 3.59. The molecule has 1 aliphatic rings. The van der Waals surface area contributed by atoms with Gasteiger partial charge >= 0.3 is 0 Å². The molecule has 3 atom stereocenters. The summed E-state index contributed by atoms with van der Waals surface area (Å²) < 4.78 is 0. The monoisotopic (exact) mass is 259 g/mol. The standard InChI is InChI=1S/C18H29N/c1-3-15-10-7-11-17(14-15)18(19-2)13-12-16-8-5-4-6-9-16/h4-6,8-9,15,17-19H,3,7,10-14H2,1-2H3. The Labute approximate surface area is 118 Å². The molecule has 2 rings (SSSR count). The summed E-state index contributed by atoms with van der Waals surface area (Å²) in [5, 5.41) is 3.59. The van der Waals surface area contributed by atoms with Crippen LogP contribution in [-0.2, 0) is 6.42 Å². The SMILES string of the molecule is CCC1CCCC(C(CCc2ccccc2)NC)C1. The van der Waals surface area contributed by atoms with Crippen molar-refractivity contribution in [3.8, 4) is 0 Å². The lowest BCUT2D eigenvalue weighted by atomic mass is 9.75. The normalized spacial score (nSPS) is 25.2. The third-order valence-corrected chi connectivity index (χ3v) is 4.93. The van der Waals surface area contributed by atoms with Gasteiger partial charge in [-0.15, -0.1) is 0 Å². The first kappa shape index (κ1) is 14.6. The van der Waals surface area contributed by atoms with Gasteiger partial charge in [0.1, 0.15) is 0 Å². The van der Waals surface area contributed by atoms with E-state index in [4.69, 9.17) is 0 Å². The lowest BCUT2D eigenvalue weighted by molar-refractivity contribution is 0.207. The largest absolute Gasteiger partial charge is 0.317 e. The van der Waals surface area contributed by atoms with Crippen LogP contribution in [0.4, 0.5) is 0 Å². The highest BCUT2D eigenvalue weighted by Gasteiger charge is 2.26. The summed E-state index contributed by atoms with van der Waals surface area (Å²) in [7, 11) is 2.14. The molecule has 1 N–H and O–H groups in total. The van der Waals surface area contributed by atoms with Gasteiger partial charge in [-0.1, -0.05) is 56.5 Å². The molecule has 0 aliphatic heterocycles. The van der Waals surface area contributed by atoms with Gasteiger partial charge in [0.25, 0.3) is 0 Å². The number of hydrogen-bond donors (Lipinski definition) is 1. The third-order valence-electron chi connectivity index (χ3n) is 4.93. The van der Waals surface area contributed by atoms with E-state index in [1.807, 2.05) is 0 Å². The highest BCUT2D eigenvalue weighted by Crippen LogP contribution is 2.33. The molecule has 1 aromatic rings. The van der Waals surface area contributed by atoms with E-state index >= 15 is 0 Å². The summed E-state index contributed by atoms with van der Waals surface area (Å²) in [4.78, 5) is 0. The van der Waals surface area contributed by atoms with E-state index in [0.717, 1.165) is 11.8 Å². The smallest absolute Gasteiger partial charge is 0.00955 e. The summed E-state index contributed by atoms with van der Waals surface area (Å²) in [6.07, 6.45) is 9.62. The fraction of sp³-hybridized carbons (Fsp3) is 0.667. The van der Waals surface area contributed by atoms with Crippen LogP contribution >= 0.6 is 0 Å². The zero-order valence-corrected chi connectivity index (χ0v) is 12.6. The topological polar surface area (TPSA) is 12.0 Å². The van der Waals surface area contributed by atoms with E-state index in [1.165, 1.54) is 50.5 Å². The number of benzene rings is 1. The van der Waals surface area contributed by atoms with Crippen molar-refractivity contribution in [1.29, 1.82) is 0 Å². The molecule has 0 spiro atoms. The first-order valence-corrected chi connectivity index (χ1v) is 8.04. The second-order valence-corrected chi connectivity index (χ2v) is 6.12. The van der Waals surface area contributed by atoms with Crippen LogP contribution in [0.15, 0.2) is 30.3 Å². The lowest BCUT2D eigenvalue weighted by Crippen LogP contribution is -2.36. The molecular formula is C18H29N. The zero-order chi connectivity index (χ0) is 13.5. The minimum absolute atomic E-state index is 0.703. The van der Waals surface area contributed by atoms with Crippen LogP contribution in [0.3, 0.4) is 0 Å². The highest BCUT2D eigenvalue weighted by atomic mass is 14.9. The minimum Gasteiger partial charge on any atom is -0.317 e. The van der Waals surface area contributed by atoms with Gasteiger partial charge in [-0.2, -0.15) is 0 Å². The van der Waals surface area contributed by atoms with E-state index in [9.17, 15) is 0 Å². The van der Waals surface area contributed by atoms with Crippen molar-refractivity contribution in [2.24, 2.45) is 11.8 Å². The second kappa shape index (κ2) is 7.69. The minimum atomic E-state index is 0.703. The van der Waals surface area contributed by atoms with Crippen LogP contribution < -0.4 is 5.32 Å². The molecule has 0 radical (unpaired) electrons. The van der Waals surface area contributed by atoms with Crippen molar-refractivity contribution in [3.63, 3.8) is 0 Å². The maximum atomic E-state index is 3.59. The Morgan fingerprint density at radius 2 is 2.00 bits per heavy atom. The van der Waals surface area contributed by atoms with Gasteiger partial charge in [0, 0.05) is 6.04 Å². The van der Waals surface area contributed by atoms with Gasteiger partial charge in [0.05, 0.1) is 0 Å². The van der Waals surface area contributed by atoms with Gasteiger partial charge in [0.2, 0.25) is 0 Å². The molecule has 0 heterocycles. The van der Waals surface area contributed by atoms with Crippen LogP contribution in [0.5, 0.6) is 0 Å². The number of rotatable bonds is 6. The molecule has 1 heteroatoms. The number of nitrogens with one attached hydrogen (secondary N) is 1. The maximum Gasteiger partial charge on any atom is 0.00955 e. The molecule has 19 heavy (non-hydrogen) atoms. The summed E-state index contributed by atoms with van der Waals surface area (Å²) in [6, 6.07) is 11.6. The fourth-order valence-electron chi connectivity index (χ4n) is 3.65. The summed E-state index contributed by atoms with van der Waals surface area (Å²) in [6.45, 7) is 2.35.